The number of hydrogen-bond donors (Lipinski definition) is 2. The van der Waals surface area contributed by atoms with E-state index in [4.69, 9.17) is 10.6 Å². The molecule has 0 aliphatic carbocycles. The van der Waals surface area contributed by atoms with Crippen molar-refractivity contribution in [3.8, 4) is 0 Å². The van der Waals surface area contributed by atoms with Crippen LogP contribution < -0.4 is 11.3 Å². The zero-order valence-corrected chi connectivity index (χ0v) is 9.18. The van der Waals surface area contributed by atoms with E-state index < -0.39 is 0 Å². The average molecular weight is 188 g/mol. The Hall–Kier alpha value is -0.120. The van der Waals surface area contributed by atoms with Crippen LogP contribution in [0.2, 0.25) is 0 Å². The quantitative estimate of drug-likeness (QED) is 0.451. The Morgan fingerprint density at radius 2 is 2.00 bits per heavy atom. The van der Waals surface area contributed by atoms with Gasteiger partial charge in [0.15, 0.2) is 0 Å². The maximum Gasteiger partial charge on any atom is 0.0543 e. The summed E-state index contributed by atoms with van der Waals surface area (Å²) in [4.78, 5) is 0. The Balaban J connectivity index is 3.46. The lowest BCUT2D eigenvalue weighted by Gasteiger charge is -2.17. The summed E-state index contributed by atoms with van der Waals surface area (Å²) in [5.41, 5.74) is 2.86. The number of hydrogen-bond acceptors (Lipinski definition) is 3. The topological polar surface area (TPSA) is 47.3 Å². The van der Waals surface area contributed by atoms with Crippen LogP contribution >= 0.6 is 0 Å². The number of nitrogens with two attached hydrogens (primary N) is 1. The summed E-state index contributed by atoms with van der Waals surface area (Å²) in [6.45, 7) is 4.29. The number of methoxy groups -OCH3 is 1. The van der Waals surface area contributed by atoms with Crippen molar-refractivity contribution in [2.45, 2.75) is 58.1 Å². The Labute approximate surface area is 82.0 Å². The summed E-state index contributed by atoms with van der Waals surface area (Å²) in [7, 11) is 1.75. The smallest absolute Gasteiger partial charge is 0.0543 e. The van der Waals surface area contributed by atoms with Gasteiger partial charge in [0.05, 0.1) is 6.10 Å². The van der Waals surface area contributed by atoms with Crippen molar-refractivity contribution in [3.05, 3.63) is 0 Å². The van der Waals surface area contributed by atoms with Gasteiger partial charge in [0, 0.05) is 13.2 Å². The van der Waals surface area contributed by atoms with Crippen molar-refractivity contribution >= 4 is 0 Å². The molecule has 0 aromatic heterocycles. The second-order valence-corrected chi connectivity index (χ2v) is 3.63. The first-order valence-electron chi connectivity index (χ1n) is 5.23. The highest BCUT2D eigenvalue weighted by molar-refractivity contribution is 4.65. The van der Waals surface area contributed by atoms with Gasteiger partial charge in [-0.1, -0.05) is 19.8 Å². The van der Waals surface area contributed by atoms with E-state index >= 15 is 0 Å². The molecule has 0 fully saturated rings. The van der Waals surface area contributed by atoms with Gasteiger partial charge in [-0.05, 0) is 26.2 Å². The Morgan fingerprint density at radius 1 is 1.31 bits per heavy atom. The summed E-state index contributed by atoms with van der Waals surface area (Å²) in [6.07, 6.45) is 6.18. The van der Waals surface area contributed by atoms with Gasteiger partial charge in [-0.25, -0.2) is 0 Å². The molecule has 13 heavy (non-hydrogen) atoms. The summed E-state index contributed by atoms with van der Waals surface area (Å²) in [5.74, 6) is 5.45. The average Bonchev–Trinajstić information content (AvgIpc) is 2.17. The maximum atomic E-state index is 5.45. The largest absolute Gasteiger partial charge is 0.382 e. The fourth-order valence-corrected chi connectivity index (χ4v) is 1.32. The third kappa shape index (κ3) is 6.99. The van der Waals surface area contributed by atoms with Gasteiger partial charge < -0.3 is 4.74 Å². The molecule has 3 nitrogen and oxygen atoms in total. The van der Waals surface area contributed by atoms with Crippen LogP contribution in [0.4, 0.5) is 0 Å². The molecule has 3 heteroatoms. The van der Waals surface area contributed by atoms with Gasteiger partial charge in [-0.2, -0.15) is 0 Å². The summed E-state index contributed by atoms with van der Waals surface area (Å²) >= 11 is 0. The molecule has 0 aliphatic rings. The van der Waals surface area contributed by atoms with Crippen molar-refractivity contribution in [3.63, 3.8) is 0 Å². The number of nitrogens with one attached hydrogen (secondary N) is 1. The third-order valence-corrected chi connectivity index (χ3v) is 2.47. The molecular formula is C10H24N2O. The molecule has 0 aliphatic heterocycles. The van der Waals surface area contributed by atoms with E-state index in [1.807, 2.05) is 0 Å². The van der Waals surface area contributed by atoms with E-state index in [0.29, 0.717) is 12.1 Å². The van der Waals surface area contributed by atoms with E-state index in [-0.39, 0.29) is 0 Å². The molecule has 0 saturated heterocycles. The molecule has 0 rings (SSSR count). The van der Waals surface area contributed by atoms with Crippen molar-refractivity contribution in [2.75, 3.05) is 7.11 Å². The van der Waals surface area contributed by atoms with Crippen LogP contribution in [0.15, 0.2) is 0 Å². The van der Waals surface area contributed by atoms with Gasteiger partial charge in [0.25, 0.3) is 0 Å². The molecule has 0 amide bonds. The van der Waals surface area contributed by atoms with Crippen LogP contribution in [-0.4, -0.2) is 19.3 Å². The second kappa shape index (κ2) is 8.48. The van der Waals surface area contributed by atoms with Gasteiger partial charge in [0.2, 0.25) is 0 Å². The second-order valence-electron chi connectivity index (χ2n) is 3.63. The van der Waals surface area contributed by atoms with Crippen LogP contribution in [-0.2, 0) is 4.74 Å². The van der Waals surface area contributed by atoms with Gasteiger partial charge in [-0.15, -0.1) is 0 Å². The minimum Gasteiger partial charge on any atom is -0.382 e. The highest BCUT2D eigenvalue weighted by Crippen LogP contribution is 2.09. The molecule has 0 spiro atoms. The van der Waals surface area contributed by atoms with E-state index in [2.05, 4.69) is 19.3 Å². The molecular weight excluding hydrogens is 164 g/mol. The first-order valence-corrected chi connectivity index (χ1v) is 5.23. The van der Waals surface area contributed by atoms with Crippen LogP contribution in [0.3, 0.4) is 0 Å². The predicted octanol–water partition coefficient (Wildman–Crippen LogP) is 1.82. The Kier molecular flexibility index (Phi) is 8.40. The van der Waals surface area contributed by atoms with Crippen molar-refractivity contribution in [1.29, 1.82) is 0 Å². The third-order valence-electron chi connectivity index (χ3n) is 2.47. The highest BCUT2D eigenvalue weighted by Gasteiger charge is 2.07. The van der Waals surface area contributed by atoms with E-state index in [1.165, 1.54) is 19.3 Å². The standard InChI is InChI=1S/C10H24N2O/c1-4-5-6-10(12-11)8-7-9(2)13-3/h9-10,12H,4-8,11H2,1-3H3. The lowest BCUT2D eigenvalue weighted by molar-refractivity contribution is 0.105. The number of rotatable bonds is 8. The zero-order chi connectivity index (χ0) is 10.1. The lowest BCUT2D eigenvalue weighted by atomic mass is 10.0. The van der Waals surface area contributed by atoms with E-state index in [0.717, 1.165) is 12.8 Å². The minimum absolute atomic E-state index is 0.345. The lowest BCUT2D eigenvalue weighted by Crippen LogP contribution is -2.35. The number of ether oxygens (including phenoxy) is 1. The zero-order valence-electron chi connectivity index (χ0n) is 9.18. The summed E-state index contributed by atoms with van der Waals surface area (Å²) in [6, 6.07) is 0.456. The van der Waals surface area contributed by atoms with E-state index in [1.54, 1.807) is 7.11 Å². The Morgan fingerprint density at radius 3 is 2.46 bits per heavy atom. The van der Waals surface area contributed by atoms with Crippen LogP contribution in [0.5, 0.6) is 0 Å². The number of unbranched alkanes of at least 4 members (excludes halogenated alkanes) is 1. The molecule has 2 atom stereocenters. The molecule has 0 radical (unpaired) electrons. The van der Waals surface area contributed by atoms with Gasteiger partial charge >= 0.3 is 0 Å². The molecule has 0 aromatic carbocycles. The fourth-order valence-electron chi connectivity index (χ4n) is 1.32. The molecule has 0 saturated carbocycles. The molecule has 0 bridgehead atoms. The predicted molar refractivity (Wildman–Crippen MR) is 56.3 cm³/mol. The number of hydrazine groups is 1. The minimum atomic E-state index is 0.345. The molecule has 80 valence electrons. The van der Waals surface area contributed by atoms with Crippen molar-refractivity contribution in [1.82, 2.24) is 5.43 Å². The SMILES string of the molecule is CCCCC(CCC(C)OC)NN. The summed E-state index contributed by atoms with van der Waals surface area (Å²) < 4.78 is 5.18. The highest BCUT2D eigenvalue weighted by atomic mass is 16.5. The first kappa shape index (κ1) is 12.9. The Bertz CT molecular complexity index is 109. The summed E-state index contributed by atoms with van der Waals surface area (Å²) in [5, 5.41) is 0. The fraction of sp³-hybridized carbons (Fsp3) is 1.00. The molecule has 2 unspecified atom stereocenters. The maximum absolute atomic E-state index is 5.45. The van der Waals surface area contributed by atoms with Crippen LogP contribution in [0.1, 0.15) is 46.0 Å². The van der Waals surface area contributed by atoms with Crippen LogP contribution in [0, 0.1) is 0 Å². The van der Waals surface area contributed by atoms with Crippen molar-refractivity contribution in [2.24, 2.45) is 5.84 Å². The normalized spacial score (nSPS) is 15.7. The van der Waals surface area contributed by atoms with Gasteiger partial charge in [0.1, 0.15) is 0 Å². The monoisotopic (exact) mass is 188 g/mol. The van der Waals surface area contributed by atoms with Gasteiger partial charge in [-0.3, -0.25) is 11.3 Å². The van der Waals surface area contributed by atoms with E-state index in [9.17, 15) is 0 Å². The molecule has 0 aromatic rings. The first-order chi connectivity index (χ1) is 6.24. The molecule has 0 heterocycles. The molecule has 3 N–H and O–H groups in total. The van der Waals surface area contributed by atoms with Crippen LogP contribution in [0.25, 0.3) is 0 Å². The van der Waals surface area contributed by atoms with Crippen molar-refractivity contribution < 1.29 is 4.74 Å².